The molecule has 1 aromatic heterocycles. The Hall–Kier alpha value is -1.62. The molecule has 0 aliphatic carbocycles. The number of hydrogen-bond acceptors (Lipinski definition) is 4. The van der Waals surface area contributed by atoms with Crippen LogP contribution in [0.4, 0.5) is 0 Å². The molecule has 0 spiro atoms. The predicted molar refractivity (Wildman–Crippen MR) is 75.6 cm³/mol. The Morgan fingerprint density at radius 2 is 2.20 bits per heavy atom. The van der Waals surface area contributed by atoms with Crippen LogP contribution in [0.3, 0.4) is 0 Å². The first-order valence-corrected chi connectivity index (χ1v) is 7.01. The lowest BCUT2D eigenvalue weighted by atomic mass is 9.98. The van der Waals surface area contributed by atoms with E-state index < -0.39 is 0 Å². The van der Waals surface area contributed by atoms with Crippen molar-refractivity contribution in [1.82, 2.24) is 9.88 Å². The molecule has 2 rings (SSSR count). The van der Waals surface area contributed by atoms with Gasteiger partial charge in [-0.05, 0) is 31.7 Å². The maximum atomic E-state index is 11.7. The van der Waals surface area contributed by atoms with Crippen molar-refractivity contribution in [3.63, 3.8) is 0 Å². The topological polar surface area (TPSA) is 51.7 Å². The number of amides is 1. The van der Waals surface area contributed by atoms with E-state index in [-0.39, 0.29) is 12.5 Å². The molecule has 0 unspecified atom stereocenters. The Labute approximate surface area is 119 Å². The second-order valence-corrected chi connectivity index (χ2v) is 5.20. The van der Waals surface area contributed by atoms with Crippen molar-refractivity contribution in [2.75, 3.05) is 33.4 Å². The van der Waals surface area contributed by atoms with Crippen LogP contribution in [-0.4, -0.2) is 49.2 Å². The number of ether oxygens (including phenoxy) is 2. The molecular formula is C15H22N2O3. The van der Waals surface area contributed by atoms with Gasteiger partial charge in [-0.15, -0.1) is 0 Å². The van der Waals surface area contributed by atoms with Gasteiger partial charge >= 0.3 is 0 Å². The molecule has 2 heterocycles. The summed E-state index contributed by atoms with van der Waals surface area (Å²) in [6.45, 7) is 4.43. The maximum absolute atomic E-state index is 11.7. The van der Waals surface area contributed by atoms with Gasteiger partial charge in [-0.2, -0.15) is 0 Å². The number of aromatic nitrogens is 1. The molecule has 1 saturated heterocycles. The van der Waals surface area contributed by atoms with Crippen molar-refractivity contribution < 1.29 is 14.3 Å². The Balaban J connectivity index is 1.73. The van der Waals surface area contributed by atoms with E-state index in [9.17, 15) is 4.79 Å². The van der Waals surface area contributed by atoms with Gasteiger partial charge in [0.25, 0.3) is 0 Å². The van der Waals surface area contributed by atoms with Gasteiger partial charge in [-0.1, -0.05) is 0 Å². The van der Waals surface area contributed by atoms with E-state index in [1.807, 2.05) is 24.0 Å². The largest absolute Gasteiger partial charge is 0.493 e. The van der Waals surface area contributed by atoms with E-state index in [1.165, 1.54) is 0 Å². The third-order valence-corrected chi connectivity index (χ3v) is 3.59. The first-order chi connectivity index (χ1) is 9.69. The van der Waals surface area contributed by atoms with E-state index in [0.717, 1.165) is 37.4 Å². The molecule has 5 heteroatoms. The SMILES string of the molecule is COCC(=O)N1CCC(COc2ccnc(C)c2)CC1. The van der Waals surface area contributed by atoms with Crippen LogP contribution in [0.1, 0.15) is 18.5 Å². The van der Waals surface area contributed by atoms with E-state index in [0.29, 0.717) is 12.5 Å². The minimum atomic E-state index is 0.0802. The summed E-state index contributed by atoms with van der Waals surface area (Å²) >= 11 is 0. The number of piperidine rings is 1. The molecular weight excluding hydrogens is 256 g/mol. The van der Waals surface area contributed by atoms with E-state index in [2.05, 4.69) is 4.98 Å². The van der Waals surface area contributed by atoms with Crippen LogP contribution in [0.25, 0.3) is 0 Å². The van der Waals surface area contributed by atoms with Crippen molar-refractivity contribution in [2.24, 2.45) is 5.92 Å². The smallest absolute Gasteiger partial charge is 0.248 e. The highest BCUT2D eigenvalue weighted by molar-refractivity contribution is 5.77. The predicted octanol–water partition coefficient (Wildman–Crippen LogP) is 1.65. The number of pyridine rings is 1. The van der Waals surface area contributed by atoms with Crippen LogP contribution in [0.15, 0.2) is 18.3 Å². The lowest BCUT2D eigenvalue weighted by Gasteiger charge is -2.31. The Morgan fingerprint density at radius 1 is 1.45 bits per heavy atom. The van der Waals surface area contributed by atoms with Gasteiger partial charge in [0.2, 0.25) is 5.91 Å². The molecule has 0 saturated carbocycles. The molecule has 110 valence electrons. The normalized spacial score (nSPS) is 16.2. The molecule has 1 amide bonds. The summed E-state index contributed by atoms with van der Waals surface area (Å²) in [5, 5.41) is 0. The van der Waals surface area contributed by atoms with Crippen molar-refractivity contribution >= 4 is 5.91 Å². The minimum absolute atomic E-state index is 0.0802. The number of nitrogens with zero attached hydrogens (tertiary/aromatic N) is 2. The summed E-state index contributed by atoms with van der Waals surface area (Å²) in [5.41, 5.74) is 0.961. The second kappa shape index (κ2) is 7.24. The first kappa shape index (κ1) is 14.8. The number of hydrogen-bond donors (Lipinski definition) is 0. The van der Waals surface area contributed by atoms with E-state index in [1.54, 1.807) is 13.3 Å². The van der Waals surface area contributed by atoms with Crippen LogP contribution in [0.2, 0.25) is 0 Å². The summed E-state index contributed by atoms with van der Waals surface area (Å²) in [6, 6.07) is 3.82. The Bertz CT molecular complexity index is 442. The standard InChI is InChI=1S/C15H22N2O3/c1-12-9-14(3-6-16-12)20-10-13-4-7-17(8-5-13)15(18)11-19-2/h3,6,9,13H,4-5,7-8,10-11H2,1-2H3. The summed E-state index contributed by atoms with van der Waals surface area (Å²) in [6.07, 6.45) is 3.73. The highest BCUT2D eigenvalue weighted by Gasteiger charge is 2.22. The van der Waals surface area contributed by atoms with Crippen molar-refractivity contribution in [3.8, 4) is 5.75 Å². The average molecular weight is 278 g/mol. The van der Waals surface area contributed by atoms with Gasteiger partial charge in [0.1, 0.15) is 12.4 Å². The molecule has 1 aromatic rings. The number of methoxy groups -OCH3 is 1. The van der Waals surface area contributed by atoms with Crippen LogP contribution in [-0.2, 0) is 9.53 Å². The molecule has 1 aliphatic heterocycles. The Morgan fingerprint density at radius 3 is 2.85 bits per heavy atom. The van der Waals surface area contributed by atoms with Crippen LogP contribution in [0, 0.1) is 12.8 Å². The molecule has 5 nitrogen and oxygen atoms in total. The molecule has 1 aliphatic rings. The third kappa shape index (κ3) is 4.20. The van der Waals surface area contributed by atoms with Crippen molar-refractivity contribution in [2.45, 2.75) is 19.8 Å². The highest BCUT2D eigenvalue weighted by Crippen LogP contribution is 2.19. The van der Waals surface area contributed by atoms with Gasteiger partial charge < -0.3 is 14.4 Å². The van der Waals surface area contributed by atoms with Crippen LogP contribution < -0.4 is 4.74 Å². The molecule has 0 bridgehead atoms. The number of likely N-dealkylation sites (tertiary alicyclic amines) is 1. The van der Waals surface area contributed by atoms with Crippen molar-refractivity contribution in [3.05, 3.63) is 24.0 Å². The van der Waals surface area contributed by atoms with Gasteiger partial charge in [0, 0.05) is 38.2 Å². The summed E-state index contributed by atoms with van der Waals surface area (Å²) in [7, 11) is 1.55. The first-order valence-electron chi connectivity index (χ1n) is 7.01. The summed E-state index contributed by atoms with van der Waals surface area (Å²) < 4.78 is 10.7. The quantitative estimate of drug-likeness (QED) is 0.822. The van der Waals surface area contributed by atoms with Gasteiger partial charge in [0.15, 0.2) is 0 Å². The fraction of sp³-hybridized carbons (Fsp3) is 0.600. The molecule has 0 N–H and O–H groups in total. The summed E-state index contributed by atoms with van der Waals surface area (Å²) in [5.74, 6) is 1.46. The molecule has 0 aromatic carbocycles. The molecule has 20 heavy (non-hydrogen) atoms. The molecule has 0 atom stereocenters. The lowest BCUT2D eigenvalue weighted by Crippen LogP contribution is -2.41. The fourth-order valence-corrected chi connectivity index (χ4v) is 2.39. The van der Waals surface area contributed by atoms with Crippen molar-refractivity contribution in [1.29, 1.82) is 0 Å². The minimum Gasteiger partial charge on any atom is -0.493 e. The number of carbonyl (C=O) groups excluding carboxylic acids is 1. The lowest BCUT2D eigenvalue weighted by molar-refractivity contribution is -0.136. The van der Waals surface area contributed by atoms with Crippen LogP contribution >= 0.6 is 0 Å². The highest BCUT2D eigenvalue weighted by atomic mass is 16.5. The van der Waals surface area contributed by atoms with E-state index >= 15 is 0 Å². The monoisotopic (exact) mass is 278 g/mol. The summed E-state index contributed by atoms with van der Waals surface area (Å²) in [4.78, 5) is 17.7. The van der Waals surface area contributed by atoms with Crippen LogP contribution in [0.5, 0.6) is 5.75 Å². The van der Waals surface area contributed by atoms with Gasteiger partial charge in [-0.3, -0.25) is 9.78 Å². The molecule has 1 fully saturated rings. The zero-order valence-electron chi connectivity index (χ0n) is 12.2. The molecule has 0 radical (unpaired) electrons. The maximum Gasteiger partial charge on any atom is 0.248 e. The Kier molecular flexibility index (Phi) is 5.35. The number of aryl methyl sites for hydroxylation is 1. The second-order valence-electron chi connectivity index (χ2n) is 5.20. The van der Waals surface area contributed by atoms with Gasteiger partial charge in [-0.25, -0.2) is 0 Å². The third-order valence-electron chi connectivity index (χ3n) is 3.59. The van der Waals surface area contributed by atoms with Gasteiger partial charge in [0.05, 0.1) is 6.61 Å². The number of rotatable bonds is 5. The van der Waals surface area contributed by atoms with E-state index in [4.69, 9.17) is 9.47 Å². The number of carbonyl (C=O) groups is 1. The average Bonchev–Trinajstić information content (AvgIpc) is 2.46. The zero-order valence-corrected chi connectivity index (χ0v) is 12.2. The zero-order chi connectivity index (χ0) is 14.4. The fourth-order valence-electron chi connectivity index (χ4n) is 2.39.